The van der Waals surface area contributed by atoms with Gasteiger partial charge in [-0.3, -0.25) is 0 Å². The quantitative estimate of drug-likeness (QED) is 0.749. The number of rotatable bonds is 3. The van der Waals surface area contributed by atoms with Crippen LogP contribution >= 0.6 is 15.9 Å². The van der Waals surface area contributed by atoms with Gasteiger partial charge in [-0.25, -0.2) is 8.78 Å². The Labute approximate surface area is 106 Å². The van der Waals surface area contributed by atoms with Gasteiger partial charge in [0.25, 0.3) is 0 Å². The minimum atomic E-state index is -0.445. The largest absolute Gasteiger partial charge is 0.454 e. The van der Waals surface area contributed by atoms with Crippen molar-refractivity contribution >= 4 is 15.9 Å². The topological polar surface area (TPSA) is 9.23 Å². The van der Waals surface area contributed by atoms with Crippen molar-refractivity contribution in [2.24, 2.45) is 0 Å². The molecule has 0 atom stereocenters. The van der Waals surface area contributed by atoms with Gasteiger partial charge >= 0.3 is 0 Å². The van der Waals surface area contributed by atoms with Crippen molar-refractivity contribution in [2.75, 3.05) is 0 Å². The first-order chi connectivity index (χ1) is 8.19. The maximum Gasteiger partial charge on any atom is 0.165 e. The molecule has 0 radical (unpaired) electrons. The molecule has 0 aliphatic heterocycles. The molecule has 0 aliphatic rings. The van der Waals surface area contributed by atoms with Gasteiger partial charge < -0.3 is 4.74 Å². The van der Waals surface area contributed by atoms with E-state index in [1.54, 1.807) is 12.1 Å². The highest BCUT2D eigenvalue weighted by Crippen LogP contribution is 2.26. The molecule has 0 heterocycles. The van der Waals surface area contributed by atoms with E-state index in [0.29, 0.717) is 11.1 Å². The molecule has 1 nitrogen and oxygen atoms in total. The number of hydrogen-bond donors (Lipinski definition) is 0. The summed E-state index contributed by atoms with van der Waals surface area (Å²) >= 11 is 3.28. The van der Waals surface area contributed by atoms with E-state index >= 15 is 0 Å². The molecule has 88 valence electrons. The van der Waals surface area contributed by atoms with Crippen LogP contribution in [0.4, 0.5) is 8.78 Å². The summed E-state index contributed by atoms with van der Waals surface area (Å²) in [6.45, 7) is 0. The zero-order valence-electron chi connectivity index (χ0n) is 8.79. The van der Waals surface area contributed by atoms with E-state index in [-0.39, 0.29) is 11.6 Å². The third kappa shape index (κ3) is 3.03. The molecule has 0 bridgehead atoms. The van der Waals surface area contributed by atoms with Crippen LogP contribution in [0, 0.1) is 11.6 Å². The molecule has 2 aromatic rings. The minimum Gasteiger partial charge on any atom is -0.454 e. The maximum absolute atomic E-state index is 13.5. The molecule has 2 aromatic carbocycles. The van der Waals surface area contributed by atoms with E-state index in [2.05, 4.69) is 15.9 Å². The highest BCUT2D eigenvalue weighted by Gasteiger charge is 2.06. The first-order valence-corrected chi connectivity index (χ1v) is 6.09. The average molecular weight is 299 g/mol. The summed E-state index contributed by atoms with van der Waals surface area (Å²) in [5, 5.41) is 0.618. The fourth-order valence-corrected chi connectivity index (χ4v) is 1.69. The van der Waals surface area contributed by atoms with Crippen LogP contribution in [0.1, 0.15) is 5.56 Å². The van der Waals surface area contributed by atoms with E-state index in [1.807, 2.05) is 0 Å². The van der Waals surface area contributed by atoms with Gasteiger partial charge in [0.05, 0.1) is 0 Å². The number of ether oxygens (including phenoxy) is 1. The number of benzene rings is 2. The number of alkyl halides is 1. The maximum atomic E-state index is 13.5. The van der Waals surface area contributed by atoms with Gasteiger partial charge in [-0.05, 0) is 42.0 Å². The summed E-state index contributed by atoms with van der Waals surface area (Å²) in [6, 6.07) is 10.1. The van der Waals surface area contributed by atoms with E-state index in [0.717, 1.165) is 5.56 Å². The van der Waals surface area contributed by atoms with Crippen molar-refractivity contribution in [3.05, 3.63) is 59.7 Å². The van der Waals surface area contributed by atoms with Crippen LogP contribution in [0.5, 0.6) is 11.5 Å². The standard InChI is InChI=1S/C13H9BrF2O/c14-8-9-1-6-12(16)13(7-9)17-11-4-2-10(15)3-5-11/h1-7H,8H2. The number of hydrogen-bond acceptors (Lipinski definition) is 1. The van der Waals surface area contributed by atoms with Gasteiger partial charge in [-0.2, -0.15) is 0 Å². The highest BCUT2D eigenvalue weighted by molar-refractivity contribution is 9.08. The van der Waals surface area contributed by atoms with E-state index in [9.17, 15) is 8.78 Å². The van der Waals surface area contributed by atoms with E-state index in [1.165, 1.54) is 30.3 Å². The van der Waals surface area contributed by atoms with Crippen LogP contribution in [-0.2, 0) is 5.33 Å². The summed E-state index contributed by atoms with van der Waals surface area (Å²) in [7, 11) is 0. The van der Waals surface area contributed by atoms with Gasteiger partial charge in [-0.1, -0.05) is 22.0 Å². The highest BCUT2D eigenvalue weighted by atomic mass is 79.9. The molecule has 0 aromatic heterocycles. The van der Waals surface area contributed by atoms with Crippen LogP contribution in [0.2, 0.25) is 0 Å². The van der Waals surface area contributed by atoms with Gasteiger partial charge in [0, 0.05) is 5.33 Å². The molecule has 0 spiro atoms. The molecular weight excluding hydrogens is 290 g/mol. The lowest BCUT2D eigenvalue weighted by Crippen LogP contribution is -1.90. The van der Waals surface area contributed by atoms with Crippen LogP contribution in [-0.4, -0.2) is 0 Å². The molecule has 0 unspecified atom stereocenters. The van der Waals surface area contributed by atoms with Gasteiger partial charge in [0.1, 0.15) is 11.6 Å². The molecule has 17 heavy (non-hydrogen) atoms. The Morgan fingerprint density at radius 2 is 1.71 bits per heavy atom. The first kappa shape index (κ1) is 12.0. The SMILES string of the molecule is Fc1ccc(Oc2cc(CBr)ccc2F)cc1. The predicted octanol–water partition coefficient (Wildman–Crippen LogP) is 4.65. The molecule has 2 rings (SSSR count). The predicted molar refractivity (Wildman–Crippen MR) is 65.5 cm³/mol. The van der Waals surface area contributed by atoms with Crippen molar-refractivity contribution < 1.29 is 13.5 Å². The van der Waals surface area contributed by atoms with Crippen molar-refractivity contribution in [3.63, 3.8) is 0 Å². The fraction of sp³-hybridized carbons (Fsp3) is 0.0769. The summed E-state index contributed by atoms with van der Waals surface area (Å²) in [4.78, 5) is 0. The summed E-state index contributed by atoms with van der Waals surface area (Å²) in [6.07, 6.45) is 0. The monoisotopic (exact) mass is 298 g/mol. The Bertz CT molecular complexity index is 511. The van der Waals surface area contributed by atoms with Crippen LogP contribution in [0.25, 0.3) is 0 Å². The molecule has 4 heteroatoms. The number of halogens is 3. The lowest BCUT2D eigenvalue weighted by atomic mass is 10.2. The zero-order valence-corrected chi connectivity index (χ0v) is 10.4. The Morgan fingerprint density at radius 3 is 2.35 bits per heavy atom. The van der Waals surface area contributed by atoms with Crippen LogP contribution in [0.15, 0.2) is 42.5 Å². The minimum absolute atomic E-state index is 0.133. The smallest absolute Gasteiger partial charge is 0.165 e. The first-order valence-electron chi connectivity index (χ1n) is 4.97. The van der Waals surface area contributed by atoms with E-state index in [4.69, 9.17) is 4.74 Å². The molecule has 0 N–H and O–H groups in total. The lowest BCUT2D eigenvalue weighted by molar-refractivity contribution is 0.440. The van der Waals surface area contributed by atoms with Crippen LogP contribution < -0.4 is 4.74 Å². The van der Waals surface area contributed by atoms with Gasteiger partial charge in [0.2, 0.25) is 0 Å². The van der Waals surface area contributed by atoms with Crippen molar-refractivity contribution in [1.29, 1.82) is 0 Å². The third-order valence-corrected chi connectivity index (χ3v) is 2.84. The molecule has 0 fully saturated rings. The Balaban J connectivity index is 2.25. The van der Waals surface area contributed by atoms with Gasteiger partial charge in [0.15, 0.2) is 11.6 Å². The average Bonchev–Trinajstić information content (AvgIpc) is 2.35. The van der Waals surface area contributed by atoms with Crippen molar-refractivity contribution in [3.8, 4) is 11.5 Å². The molecule has 0 amide bonds. The Morgan fingerprint density at radius 1 is 1.00 bits per heavy atom. The molecule has 0 saturated heterocycles. The normalized spacial score (nSPS) is 10.3. The summed E-state index contributed by atoms with van der Waals surface area (Å²) in [5.74, 6) is -0.267. The second-order valence-electron chi connectivity index (χ2n) is 3.45. The molecular formula is C13H9BrF2O. The Kier molecular flexibility index (Phi) is 3.74. The molecule has 0 saturated carbocycles. The third-order valence-electron chi connectivity index (χ3n) is 2.19. The lowest BCUT2D eigenvalue weighted by Gasteiger charge is -2.07. The summed E-state index contributed by atoms with van der Waals surface area (Å²) < 4.78 is 31.5. The Hall–Kier alpha value is -1.42. The van der Waals surface area contributed by atoms with Crippen LogP contribution in [0.3, 0.4) is 0 Å². The van der Waals surface area contributed by atoms with E-state index < -0.39 is 5.82 Å². The second-order valence-corrected chi connectivity index (χ2v) is 4.02. The van der Waals surface area contributed by atoms with Crippen molar-refractivity contribution in [1.82, 2.24) is 0 Å². The van der Waals surface area contributed by atoms with Crippen molar-refractivity contribution in [2.45, 2.75) is 5.33 Å². The van der Waals surface area contributed by atoms with Gasteiger partial charge in [-0.15, -0.1) is 0 Å². The second kappa shape index (κ2) is 5.27. The zero-order chi connectivity index (χ0) is 12.3. The molecule has 0 aliphatic carbocycles. The summed E-state index contributed by atoms with van der Waals surface area (Å²) in [5.41, 5.74) is 0.906. The fourth-order valence-electron chi connectivity index (χ4n) is 1.34.